The van der Waals surface area contributed by atoms with Gasteiger partial charge in [-0.15, -0.1) is 6.58 Å². The third-order valence-corrected chi connectivity index (χ3v) is 4.35. The van der Waals surface area contributed by atoms with Crippen LogP contribution in [-0.4, -0.2) is 42.0 Å². The molecule has 23 heavy (non-hydrogen) atoms. The number of halogens is 1. The second kappa shape index (κ2) is 7.15. The molecule has 0 saturated carbocycles. The zero-order valence-corrected chi connectivity index (χ0v) is 13.7. The van der Waals surface area contributed by atoms with E-state index in [9.17, 15) is 4.79 Å². The van der Waals surface area contributed by atoms with E-state index in [0.717, 1.165) is 42.9 Å². The fraction of sp³-hybridized carbons (Fsp3) is 0.412. The second-order valence-electron chi connectivity index (χ2n) is 5.81. The first kappa shape index (κ1) is 16.0. The van der Waals surface area contributed by atoms with Crippen molar-refractivity contribution in [1.82, 2.24) is 15.2 Å². The molecule has 0 aliphatic carbocycles. The van der Waals surface area contributed by atoms with Gasteiger partial charge in [0.05, 0.1) is 6.54 Å². The van der Waals surface area contributed by atoms with Crippen LogP contribution in [0, 0.1) is 0 Å². The molecule has 2 heterocycles. The minimum atomic E-state index is 0.0415. The summed E-state index contributed by atoms with van der Waals surface area (Å²) in [4.78, 5) is 18.5. The van der Waals surface area contributed by atoms with Crippen molar-refractivity contribution in [2.24, 2.45) is 0 Å². The molecule has 122 valence electrons. The predicted octanol–water partition coefficient (Wildman–Crippen LogP) is 2.96. The zero-order valence-electron chi connectivity index (χ0n) is 12.9. The van der Waals surface area contributed by atoms with E-state index in [1.54, 1.807) is 6.08 Å². The summed E-state index contributed by atoms with van der Waals surface area (Å²) in [5, 5.41) is 3.47. The summed E-state index contributed by atoms with van der Waals surface area (Å²) in [6, 6.07) is 5.49. The van der Waals surface area contributed by atoms with Crippen LogP contribution in [0.25, 0.3) is 11.1 Å². The Morgan fingerprint density at radius 2 is 2.26 bits per heavy atom. The van der Waals surface area contributed by atoms with Crippen LogP contribution in [-0.2, 0) is 4.79 Å². The maximum absolute atomic E-state index is 11.7. The number of rotatable bonds is 5. The molecule has 1 saturated heterocycles. The molecule has 0 spiro atoms. The van der Waals surface area contributed by atoms with E-state index in [4.69, 9.17) is 16.0 Å². The lowest BCUT2D eigenvalue weighted by Gasteiger charge is -2.29. The molecule has 0 atom stereocenters. The normalized spacial score (nSPS) is 16.6. The standard InChI is InChI=1S/C17H20ClN3O2/c1-2-7-19-16(22)11-21-8-5-12(6-9-21)17-20-14-10-13(18)3-4-15(14)23-17/h2-4,10,12H,1,5-9,11H2,(H,19,22). The number of benzene rings is 1. The van der Waals surface area contributed by atoms with Crippen LogP contribution in [0.5, 0.6) is 0 Å². The maximum Gasteiger partial charge on any atom is 0.234 e. The summed E-state index contributed by atoms with van der Waals surface area (Å²) in [6.07, 6.45) is 3.56. The Bertz CT molecular complexity index is 705. The first-order valence-electron chi connectivity index (χ1n) is 7.81. The lowest BCUT2D eigenvalue weighted by Crippen LogP contribution is -2.41. The monoisotopic (exact) mass is 333 g/mol. The van der Waals surface area contributed by atoms with Crippen molar-refractivity contribution in [1.29, 1.82) is 0 Å². The van der Waals surface area contributed by atoms with Crippen LogP contribution in [0.2, 0.25) is 5.02 Å². The van der Waals surface area contributed by atoms with E-state index >= 15 is 0 Å². The van der Waals surface area contributed by atoms with Crippen LogP contribution < -0.4 is 5.32 Å². The molecule has 1 aliphatic rings. The summed E-state index contributed by atoms with van der Waals surface area (Å²) in [6.45, 7) is 6.27. The van der Waals surface area contributed by atoms with Crippen molar-refractivity contribution < 1.29 is 9.21 Å². The Hall–Kier alpha value is -1.85. The van der Waals surface area contributed by atoms with Gasteiger partial charge in [0.2, 0.25) is 5.91 Å². The Labute approximate surface area is 140 Å². The molecule has 1 aliphatic heterocycles. The molecule has 1 N–H and O–H groups in total. The number of likely N-dealkylation sites (tertiary alicyclic amines) is 1. The van der Waals surface area contributed by atoms with Crippen molar-refractivity contribution in [2.75, 3.05) is 26.2 Å². The first-order valence-corrected chi connectivity index (χ1v) is 8.19. The molecule has 3 rings (SSSR count). The predicted molar refractivity (Wildman–Crippen MR) is 90.6 cm³/mol. The smallest absolute Gasteiger partial charge is 0.234 e. The summed E-state index contributed by atoms with van der Waals surface area (Å²) in [7, 11) is 0. The molecule has 1 fully saturated rings. The van der Waals surface area contributed by atoms with Crippen LogP contribution in [0.4, 0.5) is 0 Å². The van der Waals surface area contributed by atoms with Crippen molar-refractivity contribution in [3.63, 3.8) is 0 Å². The highest BCUT2D eigenvalue weighted by Gasteiger charge is 2.25. The number of nitrogens with zero attached hydrogens (tertiary/aromatic N) is 2. The fourth-order valence-corrected chi connectivity index (χ4v) is 3.04. The van der Waals surface area contributed by atoms with Crippen LogP contribution in [0.15, 0.2) is 35.3 Å². The molecule has 0 bridgehead atoms. The molecule has 5 nitrogen and oxygen atoms in total. The van der Waals surface area contributed by atoms with E-state index < -0.39 is 0 Å². The highest BCUT2D eigenvalue weighted by atomic mass is 35.5. The van der Waals surface area contributed by atoms with Gasteiger partial charge in [-0.2, -0.15) is 0 Å². The molecule has 0 unspecified atom stereocenters. The SMILES string of the molecule is C=CCNC(=O)CN1CCC(c2nc3cc(Cl)ccc3o2)CC1. The summed E-state index contributed by atoms with van der Waals surface area (Å²) < 4.78 is 5.85. The molecule has 0 radical (unpaired) electrons. The number of carbonyl (C=O) groups is 1. The number of aromatic nitrogens is 1. The van der Waals surface area contributed by atoms with Gasteiger partial charge in [-0.1, -0.05) is 17.7 Å². The Morgan fingerprint density at radius 3 is 3.00 bits per heavy atom. The summed E-state index contributed by atoms with van der Waals surface area (Å²) in [5.74, 6) is 1.12. The average molecular weight is 334 g/mol. The minimum absolute atomic E-state index is 0.0415. The van der Waals surface area contributed by atoms with E-state index in [1.165, 1.54) is 0 Å². The number of oxazole rings is 1. The lowest BCUT2D eigenvalue weighted by atomic mass is 9.97. The van der Waals surface area contributed by atoms with E-state index in [2.05, 4.69) is 21.8 Å². The Morgan fingerprint density at radius 1 is 1.48 bits per heavy atom. The minimum Gasteiger partial charge on any atom is -0.440 e. The molecule has 1 aromatic heterocycles. The third-order valence-electron chi connectivity index (χ3n) is 4.11. The van der Waals surface area contributed by atoms with Crippen LogP contribution in [0.1, 0.15) is 24.7 Å². The fourth-order valence-electron chi connectivity index (χ4n) is 2.88. The summed E-state index contributed by atoms with van der Waals surface area (Å²) in [5.41, 5.74) is 1.58. The highest BCUT2D eigenvalue weighted by Crippen LogP contribution is 2.30. The quantitative estimate of drug-likeness (QED) is 0.855. The van der Waals surface area contributed by atoms with Gasteiger partial charge >= 0.3 is 0 Å². The topological polar surface area (TPSA) is 58.4 Å². The van der Waals surface area contributed by atoms with Crippen molar-refractivity contribution >= 4 is 28.6 Å². The molecule has 2 aromatic rings. The molecular formula is C17H20ClN3O2. The number of hydrogen-bond acceptors (Lipinski definition) is 4. The van der Waals surface area contributed by atoms with E-state index in [-0.39, 0.29) is 5.91 Å². The van der Waals surface area contributed by atoms with Gasteiger partial charge in [0.15, 0.2) is 11.5 Å². The second-order valence-corrected chi connectivity index (χ2v) is 6.24. The third kappa shape index (κ3) is 3.92. The summed E-state index contributed by atoms with van der Waals surface area (Å²) >= 11 is 5.99. The van der Waals surface area contributed by atoms with Crippen molar-refractivity contribution in [2.45, 2.75) is 18.8 Å². The van der Waals surface area contributed by atoms with Gasteiger partial charge in [-0.3, -0.25) is 9.69 Å². The molecule has 1 aromatic carbocycles. The molecular weight excluding hydrogens is 314 g/mol. The average Bonchev–Trinajstić information content (AvgIpc) is 2.96. The number of amides is 1. The number of nitrogens with one attached hydrogen (secondary N) is 1. The molecule has 1 amide bonds. The van der Waals surface area contributed by atoms with Crippen LogP contribution >= 0.6 is 11.6 Å². The molecule has 6 heteroatoms. The van der Waals surface area contributed by atoms with Gasteiger partial charge in [0, 0.05) is 17.5 Å². The van der Waals surface area contributed by atoms with Crippen LogP contribution in [0.3, 0.4) is 0 Å². The van der Waals surface area contributed by atoms with Gasteiger partial charge in [0.1, 0.15) is 5.52 Å². The number of fused-ring (bicyclic) bond motifs is 1. The van der Waals surface area contributed by atoms with E-state index in [1.807, 2.05) is 18.2 Å². The number of piperidine rings is 1. The number of carbonyl (C=O) groups excluding carboxylic acids is 1. The Kier molecular flexibility index (Phi) is 4.98. The van der Waals surface area contributed by atoms with Gasteiger partial charge in [-0.05, 0) is 44.1 Å². The zero-order chi connectivity index (χ0) is 16.2. The maximum atomic E-state index is 11.7. The van der Waals surface area contributed by atoms with Crippen molar-refractivity contribution in [3.05, 3.63) is 41.8 Å². The largest absolute Gasteiger partial charge is 0.440 e. The first-order chi connectivity index (χ1) is 11.2. The van der Waals surface area contributed by atoms with Crippen molar-refractivity contribution in [3.8, 4) is 0 Å². The number of hydrogen-bond donors (Lipinski definition) is 1. The van der Waals surface area contributed by atoms with E-state index in [0.29, 0.717) is 24.0 Å². The lowest BCUT2D eigenvalue weighted by molar-refractivity contribution is -0.122. The van der Waals surface area contributed by atoms with Gasteiger partial charge in [-0.25, -0.2) is 4.98 Å². The van der Waals surface area contributed by atoms with Gasteiger partial charge in [0.25, 0.3) is 0 Å². The van der Waals surface area contributed by atoms with Gasteiger partial charge < -0.3 is 9.73 Å². The highest BCUT2D eigenvalue weighted by molar-refractivity contribution is 6.31. The Balaban J connectivity index is 1.57.